The number of primary amides is 1. The highest BCUT2D eigenvalue weighted by Gasteiger charge is 2.32. The van der Waals surface area contributed by atoms with E-state index in [-0.39, 0.29) is 11.7 Å². The van der Waals surface area contributed by atoms with Gasteiger partial charge in [-0.3, -0.25) is 25.7 Å². The molecule has 1 aromatic heterocycles. The molecule has 4 atom stereocenters. The normalized spacial score (nSPS) is 16.8. The van der Waals surface area contributed by atoms with Gasteiger partial charge in [0.05, 0.1) is 24.1 Å². The predicted octanol–water partition coefficient (Wildman–Crippen LogP) is 2.10. The number of para-hydroxylation sites is 1. The zero-order valence-corrected chi connectivity index (χ0v) is 23.2. The van der Waals surface area contributed by atoms with Crippen LogP contribution < -0.4 is 27.6 Å². The molecule has 1 aliphatic carbocycles. The summed E-state index contributed by atoms with van der Waals surface area (Å²) in [5, 5.41) is 17.7. The third kappa shape index (κ3) is 8.56. The monoisotopic (exact) mass is 560 g/mol. The van der Waals surface area contributed by atoms with Crippen LogP contribution in [0.15, 0.2) is 66.7 Å². The number of hydrogen-bond donors (Lipinski definition) is 6. The number of aromatic nitrogens is 1. The molecule has 218 valence electrons. The lowest BCUT2D eigenvalue weighted by atomic mass is 9.81. The van der Waals surface area contributed by atoms with Crippen LogP contribution >= 0.6 is 0 Å². The van der Waals surface area contributed by atoms with E-state index in [2.05, 4.69) is 21.0 Å². The smallest absolute Gasteiger partial charge is 0.270 e. The molecule has 3 amide bonds. The van der Waals surface area contributed by atoms with E-state index in [0.29, 0.717) is 24.3 Å². The van der Waals surface area contributed by atoms with Gasteiger partial charge in [-0.05, 0) is 49.3 Å². The number of nitrogens with zero attached hydrogens (tertiary/aromatic N) is 1. The maximum Gasteiger partial charge on any atom is 0.270 e. The number of fused-ring (bicyclic) bond motifs is 1. The molecular weight excluding hydrogens is 520 g/mol. The van der Waals surface area contributed by atoms with Crippen molar-refractivity contribution < 1.29 is 19.5 Å². The van der Waals surface area contributed by atoms with Crippen LogP contribution in [0, 0.1) is 5.92 Å². The number of nitrogens with two attached hydrogens (primary N) is 2. The zero-order chi connectivity index (χ0) is 29.2. The fourth-order valence-electron chi connectivity index (χ4n) is 5.63. The maximum absolute atomic E-state index is 13.5. The molecule has 3 aromatic rings. The standard InChI is InChI=1S/C31H40N6O4/c32-29(39)19-27(36-30(40)24-16-15-22-13-7-8-14-23(22)34-24)31(41)35-26(17-20-9-3-1-4-10-20)28(38)18-25(37-33)21-11-5-2-6-12-21/h1,3-4,7-10,13-16,21,25-28,37-38H,2,5-6,11-12,17-19,33H2,(H2,32,39)(H,35,41)(H,36,40)/t25?,26-,27-,28-/m0/s1. The zero-order valence-electron chi connectivity index (χ0n) is 23.2. The Hall–Kier alpha value is -3.86. The Bertz CT molecular complexity index is 1310. The molecule has 10 heteroatoms. The highest BCUT2D eigenvalue weighted by molar-refractivity contribution is 5.99. The van der Waals surface area contributed by atoms with Crippen LogP contribution in [0.4, 0.5) is 0 Å². The summed E-state index contributed by atoms with van der Waals surface area (Å²) in [5.74, 6) is 4.27. The molecule has 0 bridgehead atoms. The quantitative estimate of drug-likeness (QED) is 0.137. The van der Waals surface area contributed by atoms with Crippen molar-refractivity contribution in [3.05, 3.63) is 78.0 Å². The lowest BCUT2D eigenvalue weighted by Crippen LogP contribution is -2.55. The van der Waals surface area contributed by atoms with Gasteiger partial charge in [0.25, 0.3) is 5.91 Å². The average molecular weight is 561 g/mol. The summed E-state index contributed by atoms with van der Waals surface area (Å²) in [5.41, 5.74) is 9.98. The minimum absolute atomic E-state index is 0.108. The molecule has 1 aliphatic rings. The highest BCUT2D eigenvalue weighted by atomic mass is 16.3. The first kappa shape index (κ1) is 30.1. The summed E-state index contributed by atoms with van der Waals surface area (Å²) in [4.78, 5) is 42.9. The Labute approximate surface area is 240 Å². The molecule has 8 N–H and O–H groups in total. The molecule has 10 nitrogen and oxygen atoms in total. The number of rotatable bonds is 13. The first-order chi connectivity index (χ1) is 19.8. The number of amides is 3. The molecule has 0 aliphatic heterocycles. The SMILES string of the molecule is NNC(C[C@H](O)[C@H](Cc1ccccc1)NC(=O)[C@H](CC(N)=O)NC(=O)c1ccc2ccccc2n1)C1CCCCC1. The van der Waals surface area contributed by atoms with Crippen LogP contribution in [0.3, 0.4) is 0 Å². The van der Waals surface area contributed by atoms with Gasteiger partial charge in [0, 0.05) is 11.4 Å². The molecule has 41 heavy (non-hydrogen) atoms. The summed E-state index contributed by atoms with van der Waals surface area (Å²) < 4.78 is 0. The van der Waals surface area contributed by atoms with E-state index in [4.69, 9.17) is 11.6 Å². The topological polar surface area (TPSA) is 172 Å². The third-order valence-electron chi connectivity index (χ3n) is 7.88. The summed E-state index contributed by atoms with van der Waals surface area (Å²) in [6, 6.07) is 18.1. The summed E-state index contributed by atoms with van der Waals surface area (Å²) in [6.07, 6.45) is 4.87. The highest BCUT2D eigenvalue weighted by Crippen LogP contribution is 2.28. The van der Waals surface area contributed by atoms with Crippen molar-refractivity contribution in [1.82, 2.24) is 21.0 Å². The van der Waals surface area contributed by atoms with Crippen LogP contribution in [-0.2, 0) is 16.0 Å². The fourth-order valence-corrected chi connectivity index (χ4v) is 5.63. The third-order valence-corrected chi connectivity index (χ3v) is 7.88. The van der Waals surface area contributed by atoms with Crippen molar-refractivity contribution in [2.75, 3.05) is 0 Å². The maximum atomic E-state index is 13.5. The number of aliphatic hydroxyl groups is 1. The molecule has 0 saturated heterocycles. The van der Waals surface area contributed by atoms with Gasteiger partial charge in [-0.15, -0.1) is 0 Å². The Balaban J connectivity index is 1.50. The lowest BCUT2D eigenvalue weighted by Gasteiger charge is -2.34. The molecule has 1 heterocycles. The van der Waals surface area contributed by atoms with E-state index in [1.165, 1.54) is 6.42 Å². The number of hydrazine groups is 1. The minimum Gasteiger partial charge on any atom is -0.391 e. The molecular formula is C31H40N6O4. The number of hydrogen-bond acceptors (Lipinski definition) is 7. The van der Waals surface area contributed by atoms with Crippen LogP contribution in [0.2, 0.25) is 0 Å². The second kappa shape index (κ2) is 14.7. The van der Waals surface area contributed by atoms with Crippen LogP contribution in [0.5, 0.6) is 0 Å². The van der Waals surface area contributed by atoms with Crippen molar-refractivity contribution in [2.45, 2.75) is 75.6 Å². The van der Waals surface area contributed by atoms with E-state index in [9.17, 15) is 19.5 Å². The van der Waals surface area contributed by atoms with E-state index >= 15 is 0 Å². The number of carbonyl (C=O) groups excluding carboxylic acids is 3. The molecule has 1 unspecified atom stereocenters. The molecule has 1 fully saturated rings. The van der Waals surface area contributed by atoms with Crippen LogP contribution in [0.1, 0.15) is 61.0 Å². The first-order valence-corrected chi connectivity index (χ1v) is 14.3. The molecule has 4 rings (SSSR count). The predicted molar refractivity (Wildman–Crippen MR) is 157 cm³/mol. The number of pyridine rings is 1. The Morgan fingerprint density at radius 3 is 2.34 bits per heavy atom. The first-order valence-electron chi connectivity index (χ1n) is 14.3. The Morgan fingerprint density at radius 2 is 1.63 bits per heavy atom. The lowest BCUT2D eigenvalue weighted by molar-refractivity contribution is -0.128. The van der Waals surface area contributed by atoms with Crippen molar-refractivity contribution in [2.24, 2.45) is 17.5 Å². The van der Waals surface area contributed by atoms with Gasteiger partial charge in [0.1, 0.15) is 11.7 Å². The van der Waals surface area contributed by atoms with Crippen molar-refractivity contribution in [1.29, 1.82) is 0 Å². The van der Waals surface area contributed by atoms with Crippen LogP contribution in [0.25, 0.3) is 10.9 Å². The minimum atomic E-state index is -1.25. The van der Waals surface area contributed by atoms with Gasteiger partial charge in [-0.1, -0.05) is 73.9 Å². The summed E-state index contributed by atoms with van der Waals surface area (Å²) in [6.45, 7) is 0. The van der Waals surface area contributed by atoms with Gasteiger partial charge in [-0.2, -0.15) is 0 Å². The van der Waals surface area contributed by atoms with Crippen molar-refractivity contribution in [3.63, 3.8) is 0 Å². The van der Waals surface area contributed by atoms with Gasteiger partial charge in [0.2, 0.25) is 11.8 Å². The van der Waals surface area contributed by atoms with E-state index < -0.39 is 42.3 Å². The van der Waals surface area contributed by atoms with E-state index in [1.807, 2.05) is 48.5 Å². The average Bonchev–Trinajstić information content (AvgIpc) is 2.99. The molecule has 2 aromatic carbocycles. The van der Waals surface area contributed by atoms with Gasteiger partial charge < -0.3 is 21.5 Å². The summed E-state index contributed by atoms with van der Waals surface area (Å²) >= 11 is 0. The second-order valence-corrected chi connectivity index (χ2v) is 10.9. The number of carbonyl (C=O) groups is 3. The molecule has 1 saturated carbocycles. The number of benzene rings is 2. The van der Waals surface area contributed by atoms with Crippen molar-refractivity contribution >= 4 is 28.6 Å². The largest absolute Gasteiger partial charge is 0.391 e. The van der Waals surface area contributed by atoms with E-state index in [1.54, 1.807) is 18.2 Å². The van der Waals surface area contributed by atoms with Crippen molar-refractivity contribution in [3.8, 4) is 0 Å². The van der Waals surface area contributed by atoms with Gasteiger partial charge >= 0.3 is 0 Å². The second-order valence-electron chi connectivity index (χ2n) is 10.9. The fraction of sp³-hybridized carbons (Fsp3) is 0.419. The number of aliphatic hydroxyl groups excluding tert-OH is 1. The van der Waals surface area contributed by atoms with Crippen LogP contribution in [-0.4, -0.2) is 52.0 Å². The summed E-state index contributed by atoms with van der Waals surface area (Å²) in [7, 11) is 0. The Kier molecular flexibility index (Phi) is 10.8. The van der Waals surface area contributed by atoms with E-state index in [0.717, 1.165) is 36.6 Å². The molecule has 0 radical (unpaired) electrons. The van der Waals surface area contributed by atoms with Gasteiger partial charge in [-0.25, -0.2) is 4.98 Å². The number of nitrogens with one attached hydrogen (secondary N) is 3. The Morgan fingerprint density at radius 1 is 0.927 bits per heavy atom. The molecule has 0 spiro atoms. The van der Waals surface area contributed by atoms with Gasteiger partial charge in [0.15, 0.2) is 0 Å².